The van der Waals surface area contributed by atoms with Gasteiger partial charge < -0.3 is 14.6 Å². The third-order valence-corrected chi connectivity index (χ3v) is 8.08. The standard InChI is InChI=1S/C29H34N4O3/c1-29(28(35)30-23-7-3-4-8-23)20-32-25-9-5-2-6-22(25)18-26(32)27(34)33(29)24-12-10-21(11-13-24)19-31-14-16-36-17-15-31/h2,5-6,9-13,18,23H,3-4,7-8,14-17,19-20H2,1H3,(H,30,35)/t29-/m0/s1. The highest BCUT2D eigenvalue weighted by atomic mass is 16.5. The number of anilines is 1. The average molecular weight is 487 g/mol. The van der Waals surface area contributed by atoms with Crippen LogP contribution in [0.25, 0.3) is 10.9 Å². The van der Waals surface area contributed by atoms with Crippen LogP contribution in [-0.4, -0.2) is 59.2 Å². The number of para-hydroxylation sites is 1. The Morgan fingerprint density at radius 3 is 2.53 bits per heavy atom. The fraction of sp³-hybridized carbons (Fsp3) is 0.448. The van der Waals surface area contributed by atoms with E-state index in [0.29, 0.717) is 12.2 Å². The second-order valence-electron chi connectivity index (χ2n) is 10.6. The Bertz CT molecular complexity index is 1270. The number of morpholine rings is 1. The normalized spacial score (nSPS) is 23.2. The van der Waals surface area contributed by atoms with Crippen LogP contribution in [0.2, 0.25) is 0 Å². The molecule has 1 saturated heterocycles. The number of carbonyl (C=O) groups is 2. The first-order chi connectivity index (χ1) is 17.5. The zero-order chi connectivity index (χ0) is 24.7. The lowest BCUT2D eigenvalue weighted by Crippen LogP contribution is -2.65. The van der Waals surface area contributed by atoms with Gasteiger partial charge in [0, 0.05) is 42.3 Å². The summed E-state index contributed by atoms with van der Waals surface area (Å²) < 4.78 is 7.49. The molecule has 1 atom stereocenters. The molecule has 7 heteroatoms. The summed E-state index contributed by atoms with van der Waals surface area (Å²) in [7, 11) is 0. The quantitative estimate of drug-likeness (QED) is 0.593. The van der Waals surface area contributed by atoms with Crippen LogP contribution in [-0.2, 0) is 22.6 Å². The Balaban J connectivity index is 1.36. The van der Waals surface area contributed by atoms with E-state index in [-0.39, 0.29) is 17.9 Å². The number of ether oxygens (including phenoxy) is 1. The van der Waals surface area contributed by atoms with E-state index in [1.165, 1.54) is 5.56 Å². The van der Waals surface area contributed by atoms with E-state index in [9.17, 15) is 9.59 Å². The molecule has 0 bridgehead atoms. The molecule has 0 spiro atoms. The number of rotatable bonds is 5. The molecule has 36 heavy (non-hydrogen) atoms. The van der Waals surface area contributed by atoms with E-state index < -0.39 is 5.54 Å². The first-order valence-electron chi connectivity index (χ1n) is 13.2. The van der Waals surface area contributed by atoms with E-state index in [4.69, 9.17) is 4.74 Å². The molecule has 188 valence electrons. The first-order valence-corrected chi connectivity index (χ1v) is 13.2. The van der Waals surface area contributed by atoms with Crippen molar-refractivity contribution in [1.82, 2.24) is 14.8 Å². The number of benzene rings is 2. The minimum Gasteiger partial charge on any atom is -0.379 e. The number of nitrogens with zero attached hydrogens (tertiary/aromatic N) is 3. The van der Waals surface area contributed by atoms with Gasteiger partial charge in [0.15, 0.2) is 0 Å². The Hall–Kier alpha value is -3.16. The molecule has 1 saturated carbocycles. The van der Waals surface area contributed by atoms with Crippen LogP contribution in [0.3, 0.4) is 0 Å². The third-order valence-electron chi connectivity index (χ3n) is 8.08. The molecule has 3 heterocycles. The van der Waals surface area contributed by atoms with Crippen molar-refractivity contribution in [2.45, 2.75) is 57.3 Å². The zero-order valence-electron chi connectivity index (χ0n) is 20.9. The van der Waals surface area contributed by atoms with Crippen LogP contribution >= 0.6 is 0 Å². The first kappa shape index (κ1) is 23.3. The van der Waals surface area contributed by atoms with Gasteiger partial charge in [-0.2, -0.15) is 0 Å². The second kappa shape index (κ2) is 9.37. The van der Waals surface area contributed by atoms with Gasteiger partial charge in [-0.05, 0) is 49.6 Å². The summed E-state index contributed by atoms with van der Waals surface area (Å²) >= 11 is 0. The van der Waals surface area contributed by atoms with E-state index in [2.05, 4.69) is 22.3 Å². The predicted molar refractivity (Wildman–Crippen MR) is 140 cm³/mol. The summed E-state index contributed by atoms with van der Waals surface area (Å²) in [5.74, 6) is -0.217. The lowest BCUT2D eigenvalue weighted by molar-refractivity contribution is -0.127. The molecule has 6 rings (SSSR count). The minimum absolute atomic E-state index is 0.0800. The van der Waals surface area contributed by atoms with Gasteiger partial charge in [0.2, 0.25) is 5.91 Å². The number of amides is 2. The van der Waals surface area contributed by atoms with Gasteiger partial charge in [0.1, 0.15) is 11.2 Å². The summed E-state index contributed by atoms with van der Waals surface area (Å²) in [4.78, 5) is 32.0. The SMILES string of the molecule is C[C@@]1(C(=O)NC2CCCC2)Cn2c(cc3ccccc32)C(=O)N1c1ccc(CN2CCOCC2)cc1. The fourth-order valence-corrected chi connectivity index (χ4v) is 6.03. The summed E-state index contributed by atoms with van der Waals surface area (Å²) in [6.45, 7) is 6.56. The minimum atomic E-state index is -1.04. The molecule has 7 nitrogen and oxygen atoms in total. The number of fused-ring (bicyclic) bond motifs is 3. The molecular formula is C29H34N4O3. The second-order valence-corrected chi connectivity index (χ2v) is 10.6. The smallest absolute Gasteiger partial charge is 0.275 e. The molecule has 3 aromatic rings. The summed E-state index contributed by atoms with van der Waals surface area (Å²) in [6.07, 6.45) is 4.29. The van der Waals surface area contributed by atoms with Crippen LogP contribution in [0.5, 0.6) is 0 Å². The van der Waals surface area contributed by atoms with Crippen molar-refractivity contribution < 1.29 is 14.3 Å². The maximum atomic E-state index is 14.0. The van der Waals surface area contributed by atoms with Gasteiger partial charge in [-0.15, -0.1) is 0 Å². The lowest BCUT2D eigenvalue weighted by atomic mass is 9.93. The average Bonchev–Trinajstić information content (AvgIpc) is 3.54. The number of hydrogen-bond donors (Lipinski definition) is 1. The summed E-state index contributed by atoms with van der Waals surface area (Å²) in [6, 6.07) is 18.3. The van der Waals surface area contributed by atoms with Crippen LogP contribution in [0.1, 0.15) is 48.7 Å². The zero-order valence-corrected chi connectivity index (χ0v) is 20.9. The molecule has 1 aliphatic carbocycles. The van der Waals surface area contributed by atoms with Crippen molar-refractivity contribution in [2.75, 3.05) is 31.2 Å². The topological polar surface area (TPSA) is 66.8 Å². The van der Waals surface area contributed by atoms with Crippen molar-refractivity contribution in [3.63, 3.8) is 0 Å². The highest BCUT2D eigenvalue weighted by Gasteiger charge is 2.49. The molecule has 1 aromatic heterocycles. The van der Waals surface area contributed by atoms with Gasteiger partial charge in [0.05, 0.1) is 19.8 Å². The van der Waals surface area contributed by atoms with Gasteiger partial charge in [-0.1, -0.05) is 43.2 Å². The molecule has 2 aromatic carbocycles. The van der Waals surface area contributed by atoms with Crippen molar-refractivity contribution in [3.05, 3.63) is 65.9 Å². The van der Waals surface area contributed by atoms with Gasteiger partial charge in [0.25, 0.3) is 5.91 Å². The van der Waals surface area contributed by atoms with E-state index in [0.717, 1.165) is 75.1 Å². The molecular weight excluding hydrogens is 452 g/mol. The van der Waals surface area contributed by atoms with E-state index >= 15 is 0 Å². The highest BCUT2D eigenvalue weighted by Crippen LogP contribution is 2.36. The number of nitrogens with one attached hydrogen (secondary N) is 1. The lowest BCUT2D eigenvalue weighted by Gasteiger charge is -2.44. The summed E-state index contributed by atoms with van der Waals surface area (Å²) in [5, 5.41) is 4.30. The van der Waals surface area contributed by atoms with Gasteiger partial charge >= 0.3 is 0 Å². The number of carbonyl (C=O) groups excluding carboxylic acids is 2. The van der Waals surface area contributed by atoms with Crippen molar-refractivity contribution in [2.24, 2.45) is 0 Å². The Labute approximate surface area is 212 Å². The van der Waals surface area contributed by atoms with Crippen LogP contribution < -0.4 is 10.2 Å². The van der Waals surface area contributed by atoms with Crippen molar-refractivity contribution in [1.29, 1.82) is 0 Å². The molecule has 2 fully saturated rings. The van der Waals surface area contributed by atoms with Crippen LogP contribution in [0.4, 0.5) is 5.69 Å². The maximum Gasteiger partial charge on any atom is 0.275 e. The molecule has 0 unspecified atom stereocenters. The number of hydrogen-bond acceptors (Lipinski definition) is 4. The molecule has 1 N–H and O–H groups in total. The summed E-state index contributed by atoms with van der Waals surface area (Å²) in [5.41, 5.74) is 2.52. The Morgan fingerprint density at radius 1 is 1.06 bits per heavy atom. The van der Waals surface area contributed by atoms with Gasteiger partial charge in [-0.25, -0.2) is 0 Å². The van der Waals surface area contributed by atoms with Crippen LogP contribution in [0.15, 0.2) is 54.6 Å². The Kier molecular flexibility index (Phi) is 6.05. The number of aromatic nitrogens is 1. The third kappa shape index (κ3) is 4.10. The van der Waals surface area contributed by atoms with E-state index in [1.54, 1.807) is 4.90 Å². The molecule has 2 amide bonds. The van der Waals surface area contributed by atoms with Crippen LogP contribution in [0, 0.1) is 0 Å². The highest BCUT2D eigenvalue weighted by molar-refractivity contribution is 6.14. The molecule has 3 aliphatic rings. The van der Waals surface area contributed by atoms with Crippen molar-refractivity contribution >= 4 is 28.4 Å². The predicted octanol–water partition coefficient (Wildman–Crippen LogP) is 3.95. The fourth-order valence-electron chi connectivity index (χ4n) is 6.03. The van der Waals surface area contributed by atoms with Crippen molar-refractivity contribution in [3.8, 4) is 0 Å². The van der Waals surface area contributed by atoms with Gasteiger partial charge in [-0.3, -0.25) is 19.4 Å². The Morgan fingerprint density at radius 2 is 1.78 bits per heavy atom. The monoisotopic (exact) mass is 486 g/mol. The molecule has 2 aliphatic heterocycles. The van der Waals surface area contributed by atoms with E-state index in [1.807, 2.05) is 54.0 Å². The maximum absolute atomic E-state index is 14.0. The molecule has 0 radical (unpaired) electrons. The largest absolute Gasteiger partial charge is 0.379 e.